The maximum atomic E-state index is 7.05. The Morgan fingerprint density at radius 1 is 0.733 bits per heavy atom. The minimum absolute atomic E-state index is 0.297. The summed E-state index contributed by atoms with van der Waals surface area (Å²) in [4.78, 5) is 0. The summed E-state index contributed by atoms with van der Waals surface area (Å²) < 4.78 is 33.3. The first kappa shape index (κ1) is 37.7. The predicted octanol–water partition coefficient (Wildman–Crippen LogP) is 9.95. The highest BCUT2D eigenvalue weighted by Gasteiger charge is 2.49. The van der Waals surface area contributed by atoms with Crippen molar-refractivity contribution in [2.24, 2.45) is 0 Å². The molecule has 0 aromatic heterocycles. The molecule has 5 nitrogen and oxygen atoms in total. The highest BCUT2D eigenvalue weighted by molar-refractivity contribution is 6.31. The van der Waals surface area contributed by atoms with Gasteiger partial charge in [0.2, 0.25) is 0 Å². The molecule has 3 rings (SSSR count). The predicted molar refractivity (Wildman–Crippen MR) is 187 cm³/mol. The second-order valence-corrected chi connectivity index (χ2v) is 12.6. The number of hydrogen-bond donors (Lipinski definition) is 0. The summed E-state index contributed by atoms with van der Waals surface area (Å²) in [5.41, 5.74) is 5.57. The first-order valence-electron chi connectivity index (χ1n) is 17.6. The van der Waals surface area contributed by atoms with Crippen LogP contribution < -0.4 is 0 Å². The number of unbranched alkanes of at least 4 members (excludes halogenated alkanes) is 4. The Bertz CT molecular complexity index is 1100. The van der Waals surface area contributed by atoms with Crippen molar-refractivity contribution in [3.8, 4) is 0 Å². The molecule has 2 aromatic rings. The highest BCUT2D eigenvalue weighted by atomic mass is 35.5. The van der Waals surface area contributed by atoms with E-state index in [0.29, 0.717) is 33.0 Å². The quantitative estimate of drug-likeness (QED) is 0.120. The van der Waals surface area contributed by atoms with E-state index in [1.54, 1.807) is 0 Å². The molecule has 5 atom stereocenters. The van der Waals surface area contributed by atoms with Crippen LogP contribution in [-0.2, 0) is 36.5 Å². The molecule has 0 amide bonds. The van der Waals surface area contributed by atoms with Crippen molar-refractivity contribution in [1.29, 1.82) is 0 Å². The second-order valence-electron chi connectivity index (χ2n) is 12.2. The lowest BCUT2D eigenvalue weighted by atomic mass is 9.87. The molecule has 0 radical (unpaired) electrons. The summed E-state index contributed by atoms with van der Waals surface area (Å²) in [6.07, 6.45) is 10.1. The summed E-state index contributed by atoms with van der Waals surface area (Å²) in [6.45, 7) is 18.1. The molecule has 1 heterocycles. The van der Waals surface area contributed by atoms with Crippen molar-refractivity contribution >= 4 is 17.7 Å². The molecule has 1 saturated heterocycles. The van der Waals surface area contributed by atoms with Gasteiger partial charge in [0.25, 0.3) is 0 Å². The third kappa shape index (κ3) is 11.5. The van der Waals surface area contributed by atoms with Gasteiger partial charge >= 0.3 is 0 Å². The lowest BCUT2D eigenvalue weighted by molar-refractivity contribution is -0.268. The number of ether oxygens (including phenoxy) is 5. The first-order chi connectivity index (χ1) is 22.0. The van der Waals surface area contributed by atoms with Crippen LogP contribution >= 0.6 is 11.6 Å². The molecular formula is C39H59ClO5. The SMILES string of the molecule is C=Cc1cc(Cl)c(Cc2ccc(CC)cc2)cc1[C@@H]1O[C@H](COCCCC)[C@@H](OCCCC)[C@H](OCCCC)[C@H]1OCCCC. The normalized spacial score (nSPS) is 21.7. The Hall–Kier alpha value is -1.73. The van der Waals surface area contributed by atoms with E-state index in [2.05, 4.69) is 71.5 Å². The van der Waals surface area contributed by atoms with Gasteiger partial charge in [0, 0.05) is 31.5 Å². The monoisotopic (exact) mass is 642 g/mol. The maximum absolute atomic E-state index is 7.05. The molecule has 45 heavy (non-hydrogen) atoms. The largest absolute Gasteiger partial charge is 0.379 e. The van der Waals surface area contributed by atoms with Crippen molar-refractivity contribution in [1.82, 2.24) is 0 Å². The van der Waals surface area contributed by atoms with Gasteiger partial charge in [0.05, 0.1) is 6.61 Å². The van der Waals surface area contributed by atoms with Crippen molar-refractivity contribution in [3.05, 3.63) is 75.8 Å². The number of rotatable bonds is 22. The Labute approximate surface area is 279 Å². The van der Waals surface area contributed by atoms with Crippen LogP contribution in [-0.4, -0.2) is 57.5 Å². The Morgan fingerprint density at radius 3 is 1.87 bits per heavy atom. The summed E-state index contributed by atoms with van der Waals surface area (Å²) in [7, 11) is 0. The van der Waals surface area contributed by atoms with E-state index in [4.69, 9.17) is 35.3 Å². The summed E-state index contributed by atoms with van der Waals surface area (Å²) >= 11 is 6.92. The van der Waals surface area contributed by atoms with Gasteiger partial charge in [-0.3, -0.25) is 0 Å². The van der Waals surface area contributed by atoms with Crippen molar-refractivity contribution in [3.63, 3.8) is 0 Å². The third-order valence-electron chi connectivity index (χ3n) is 8.59. The zero-order chi connectivity index (χ0) is 32.4. The standard InChI is InChI=1S/C39H59ClO5/c1-7-13-21-41-28-35-37(42-22-14-8-2)39(44-24-16-10-4)38(43-23-15-9-3)36(45-35)33-26-32(34(40)27-31(33)12-6)25-30-19-17-29(11-5)18-20-30/h12,17-20,26-27,35-39H,6-11,13-16,21-25,28H2,1-5H3/t35-,36+,37-,38+,39+/m1/s1. The van der Waals surface area contributed by atoms with Crippen molar-refractivity contribution < 1.29 is 23.7 Å². The lowest BCUT2D eigenvalue weighted by Crippen LogP contribution is -2.58. The molecule has 0 bridgehead atoms. The number of hydrogen-bond acceptors (Lipinski definition) is 5. The van der Waals surface area contributed by atoms with Gasteiger partial charge in [-0.2, -0.15) is 0 Å². The van der Waals surface area contributed by atoms with Crippen LogP contribution in [0.25, 0.3) is 6.08 Å². The molecule has 1 aliphatic rings. The highest BCUT2D eigenvalue weighted by Crippen LogP contribution is 2.41. The fraction of sp³-hybridized carbons (Fsp3) is 0.641. The Balaban J connectivity index is 2.07. The van der Waals surface area contributed by atoms with Gasteiger partial charge in [-0.1, -0.05) is 115 Å². The van der Waals surface area contributed by atoms with Gasteiger partial charge in [-0.15, -0.1) is 0 Å². The van der Waals surface area contributed by atoms with Gasteiger partial charge in [0.15, 0.2) is 0 Å². The average Bonchev–Trinajstić information content (AvgIpc) is 3.05. The minimum atomic E-state index is -0.397. The fourth-order valence-electron chi connectivity index (χ4n) is 5.73. The van der Waals surface area contributed by atoms with E-state index in [1.165, 1.54) is 11.1 Å². The molecule has 1 aliphatic heterocycles. The second kappa shape index (κ2) is 21.2. The smallest absolute Gasteiger partial charge is 0.117 e. The van der Waals surface area contributed by atoms with Crippen LogP contribution in [0.15, 0.2) is 43.0 Å². The molecule has 0 aliphatic carbocycles. The lowest BCUT2D eigenvalue weighted by Gasteiger charge is -2.47. The fourth-order valence-corrected chi connectivity index (χ4v) is 5.97. The molecule has 2 aromatic carbocycles. The van der Waals surface area contributed by atoms with Crippen LogP contribution in [0, 0.1) is 0 Å². The summed E-state index contributed by atoms with van der Waals surface area (Å²) in [5.74, 6) is 0. The molecule has 0 saturated carbocycles. The van der Waals surface area contributed by atoms with Gasteiger partial charge < -0.3 is 23.7 Å². The molecule has 0 unspecified atom stereocenters. The molecule has 0 spiro atoms. The number of benzene rings is 2. The van der Waals surface area contributed by atoms with Gasteiger partial charge in [0.1, 0.15) is 30.5 Å². The van der Waals surface area contributed by atoms with Crippen molar-refractivity contribution in [2.75, 3.05) is 33.0 Å². The van der Waals surface area contributed by atoms with E-state index in [0.717, 1.165) is 85.9 Å². The minimum Gasteiger partial charge on any atom is -0.379 e. The van der Waals surface area contributed by atoms with Crippen LogP contribution in [0.2, 0.25) is 5.02 Å². The maximum Gasteiger partial charge on any atom is 0.117 e. The van der Waals surface area contributed by atoms with E-state index in [-0.39, 0.29) is 24.4 Å². The number of aryl methyl sites for hydroxylation is 1. The van der Waals surface area contributed by atoms with Crippen LogP contribution in [0.3, 0.4) is 0 Å². The average molecular weight is 643 g/mol. The van der Waals surface area contributed by atoms with Crippen LogP contribution in [0.1, 0.15) is 120 Å². The van der Waals surface area contributed by atoms with E-state index in [1.807, 2.05) is 12.1 Å². The molecule has 252 valence electrons. The number of halogens is 1. The molecule has 0 N–H and O–H groups in total. The van der Waals surface area contributed by atoms with E-state index < -0.39 is 6.10 Å². The summed E-state index contributed by atoms with van der Waals surface area (Å²) in [6, 6.07) is 13.0. The first-order valence-corrected chi connectivity index (χ1v) is 18.0. The Kier molecular flexibility index (Phi) is 17.8. The molecule has 6 heteroatoms. The van der Waals surface area contributed by atoms with Crippen LogP contribution in [0.5, 0.6) is 0 Å². The van der Waals surface area contributed by atoms with Crippen LogP contribution in [0.4, 0.5) is 0 Å². The van der Waals surface area contributed by atoms with Gasteiger partial charge in [-0.25, -0.2) is 0 Å². The third-order valence-corrected chi connectivity index (χ3v) is 8.94. The molecular weight excluding hydrogens is 584 g/mol. The topological polar surface area (TPSA) is 46.2 Å². The van der Waals surface area contributed by atoms with E-state index in [9.17, 15) is 0 Å². The van der Waals surface area contributed by atoms with Crippen molar-refractivity contribution in [2.45, 2.75) is 129 Å². The molecule has 1 fully saturated rings. The summed E-state index contributed by atoms with van der Waals surface area (Å²) in [5, 5.41) is 0.725. The van der Waals surface area contributed by atoms with E-state index >= 15 is 0 Å². The Morgan fingerprint density at radius 2 is 1.29 bits per heavy atom. The zero-order valence-electron chi connectivity index (χ0n) is 28.7. The zero-order valence-corrected chi connectivity index (χ0v) is 29.4. The van der Waals surface area contributed by atoms with Gasteiger partial charge in [-0.05, 0) is 72.4 Å².